The van der Waals surface area contributed by atoms with Crippen molar-refractivity contribution in [2.75, 3.05) is 20.6 Å². The van der Waals surface area contributed by atoms with E-state index in [1.807, 2.05) is 24.9 Å². The summed E-state index contributed by atoms with van der Waals surface area (Å²) in [4.78, 5) is 17.8. The Hall–Kier alpha value is -1.82. The summed E-state index contributed by atoms with van der Waals surface area (Å²) in [5, 5.41) is 11.1. The van der Waals surface area contributed by atoms with Gasteiger partial charge in [-0.25, -0.2) is 4.98 Å². The van der Waals surface area contributed by atoms with Gasteiger partial charge >= 0.3 is 0 Å². The molecule has 19 heavy (non-hydrogen) atoms. The van der Waals surface area contributed by atoms with Crippen LogP contribution >= 0.6 is 11.6 Å². The summed E-state index contributed by atoms with van der Waals surface area (Å²) in [6.07, 6.45) is 2.67. The van der Waals surface area contributed by atoms with Crippen LogP contribution in [0.4, 0.5) is 0 Å². The summed E-state index contributed by atoms with van der Waals surface area (Å²) in [6, 6.07) is 3.55. The smallest absolute Gasteiger partial charge is 0.274 e. The van der Waals surface area contributed by atoms with Crippen molar-refractivity contribution in [3.05, 3.63) is 51.2 Å². The van der Waals surface area contributed by atoms with E-state index in [2.05, 4.69) is 4.98 Å². The van der Waals surface area contributed by atoms with E-state index in [1.165, 1.54) is 0 Å². The third-order valence-electron chi connectivity index (χ3n) is 2.69. The SMILES string of the molecule is CCN(C)C(=C[N+](=O)[O-])N(C)Cc1ccc(Cl)nc1. The Morgan fingerprint density at radius 1 is 1.47 bits per heavy atom. The third-order valence-corrected chi connectivity index (χ3v) is 2.91. The lowest BCUT2D eigenvalue weighted by Gasteiger charge is -2.27. The maximum Gasteiger partial charge on any atom is 0.274 e. The standard InChI is InChI=1S/C12H17ClN4O2/c1-4-15(2)12(9-17(18)19)16(3)8-10-5-6-11(13)14-7-10/h5-7,9H,4,8H2,1-3H3. The molecule has 1 aromatic heterocycles. The van der Waals surface area contributed by atoms with E-state index < -0.39 is 4.92 Å². The molecular weight excluding hydrogens is 268 g/mol. The molecular formula is C12H17ClN4O2. The number of hydrogen-bond donors (Lipinski definition) is 0. The number of hydrogen-bond acceptors (Lipinski definition) is 5. The van der Waals surface area contributed by atoms with E-state index in [0.29, 0.717) is 24.1 Å². The number of pyridine rings is 1. The number of nitrogens with zero attached hydrogens (tertiary/aromatic N) is 4. The van der Waals surface area contributed by atoms with Gasteiger partial charge < -0.3 is 9.80 Å². The van der Waals surface area contributed by atoms with Crippen molar-refractivity contribution in [2.24, 2.45) is 0 Å². The third kappa shape index (κ3) is 4.75. The molecule has 0 saturated heterocycles. The van der Waals surface area contributed by atoms with Gasteiger partial charge in [-0.2, -0.15) is 0 Å². The summed E-state index contributed by atoms with van der Waals surface area (Å²) in [7, 11) is 3.61. The van der Waals surface area contributed by atoms with Gasteiger partial charge in [0.15, 0.2) is 5.82 Å². The maximum absolute atomic E-state index is 10.7. The molecule has 0 aliphatic rings. The van der Waals surface area contributed by atoms with Crippen molar-refractivity contribution >= 4 is 11.6 Å². The van der Waals surface area contributed by atoms with E-state index in [4.69, 9.17) is 11.6 Å². The second-order valence-corrected chi connectivity index (χ2v) is 4.52. The van der Waals surface area contributed by atoms with Crippen LogP contribution in [0.3, 0.4) is 0 Å². The molecule has 1 aromatic rings. The summed E-state index contributed by atoms with van der Waals surface area (Å²) in [5.41, 5.74) is 0.936. The summed E-state index contributed by atoms with van der Waals surface area (Å²) >= 11 is 5.72. The van der Waals surface area contributed by atoms with Crippen LogP contribution in [0.25, 0.3) is 0 Å². The van der Waals surface area contributed by atoms with Gasteiger partial charge in [-0.05, 0) is 18.6 Å². The molecule has 0 amide bonds. The molecule has 0 unspecified atom stereocenters. The first-order valence-electron chi connectivity index (χ1n) is 5.82. The minimum Gasteiger partial charge on any atom is -0.356 e. The number of halogens is 1. The highest BCUT2D eigenvalue weighted by atomic mass is 35.5. The fourth-order valence-corrected chi connectivity index (χ4v) is 1.71. The normalized spacial score (nSPS) is 11.3. The average Bonchev–Trinajstić information content (AvgIpc) is 2.37. The molecule has 0 spiro atoms. The van der Waals surface area contributed by atoms with Gasteiger partial charge in [0.1, 0.15) is 5.15 Å². The predicted molar refractivity (Wildman–Crippen MR) is 74.1 cm³/mol. The molecule has 6 nitrogen and oxygen atoms in total. The van der Waals surface area contributed by atoms with E-state index in [1.54, 1.807) is 24.2 Å². The quantitative estimate of drug-likeness (QED) is 0.455. The summed E-state index contributed by atoms with van der Waals surface area (Å²) in [6.45, 7) is 3.14. The van der Waals surface area contributed by atoms with Crippen molar-refractivity contribution in [1.82, 2.24) is 14.8 Å². The number of rotatable bonds is 6. The van der Waals surface area contributed by atoms with Crippen molar-refractivity contribution in [2.45, 2.75) is 13.5 Å². The highest BCUT2D eigenvalue weighted by Gasteiger charge is 2.13. The van der Waals surface area contributed by atoms with Crippen molar-refractivity contribution in [3.63, 3.8) is 0 Å². The Morgan fingerprint density at radius 3 is 2.63 bits per heavy atom. The Morgan fingerprint density at radius 2 is 2.16 bits per heavy atom. The van der Waals surface area contributed by atoms with E-state index in [-0.39, 0.29) is 0 Å². The van der Waals surface area contributed by atoms with Crippen LogP contribution in [-0.4, -0.2) is 40.3 Å². The van der Waals surface area contributed by atoms with E-state index in [9.17, 15) is 10.1 Å². The van der Waals surface area contributed by atoms with Gasteiger partial charge in [0.25, 0.3) is 6.20 Å². The predicted octanol–water partition coefficient (Wildman–Crippen LogP) is 2.19. The fraction of sp³-hybridized carbons (Fsp3) is 0.417. The van der Waals surface area contributed by atoms with Gasteiger partial charge in [0, 0.05) is 33.4 Å². The summed E-state index contributed by atoms with van der Waals surface area (Å²) < 4.78 is 0. The molecule has 104 valence electrons. The van der Waals surface area contributed by atoms with Gasteiger partial charge in [0.05, 0.1) is 4.92 Å². The monoisotopic (exact) mass is 284 g/mol. The minimum absolute atomic E-state index is 0.429. The van der Waals surface area contributed by atoms with Crippen LogP contribution in [0.2, 0.25) is 5.15 Å². The zero-order valence-electron chi connectivity index (χ0n) is 11.2. The minimum atomic E-state index is -0.446. The molecule has 1 heterocycles. The molecule has 0 bridgehead atoms. The van der Waals surface area contributed by atoms with Crippen molar-refractivity contribution < 1.29 is 4.92 Å². The highest BCUT2D eigenvalue weighted by Crippen LogP contribution is 2.13. The maximum atomic E-state index is 10.7. The van der Waals surface area contributed by atoms with E-state index in [0.717, 1.165) is 11.8 Å². The Bertz CT molecular complexity index is 461. The lowest BCUT2D eigenvalue weighted by Crippen LogP contribution is -2.31. The molecule has 0 aromatic carbocycles. The van der Waals surface area contributed by atoms with Crippen molar-refractivity contribution in [1.29, 1.82) is 0 Å². The van der Waals surface area contributed by atoms with Gasteiger partial charge in [0.2, 0.25) is 0 Å². The zero-order chi connectivity index (χ0) is 14.4. The molecule has 0 aliphatic heterocycles. The number of aromatic nitrogens is 1. The molecule has 0 atom stereocenters. The van der Waals surface area contributed by atoms with Crippen LogP contribution < -0.4 is 0 Å². The topological polar surface area (TPSA) is 62.5 Å². The molecule has 1 rings (SSSR count). The van der Waals surface area contributed by atoms with Crippen LogP contribution in [0.5, 0.6) is 0 Å². The first-order chi connectivity index (χ1) is 8.93. The van der Waals surface area contributed by atoms with Gasteiger partial charge in [-0.15, -0.1) is 0 Å². The molecule has 0 aliphatic carbocycles. The highest BCUT2D eigenvalue weighted by molar-refractivity contribution is 6.29. The lowest BCUT2D eigenvalue weighted by molar-refractivity contribution is -0.405. The average molecular weight is 285 g/mol. The fourth-order valence-electron chi connectivity index (χ4n) is 1.60. The molecule has 0 radical (unpaired) electrons. The second kappa shape index (κ2) is 6.94. The Balaban J connectivity index is 2.85. The van der Waals surface area contributed by atoms with Gasteiger partial charge in [-0.1, -0.05) is 17.7 Å². The molecule has 0 fully saturated rings. The Labute approximate surface area is 117 Å². The van der Waals surface area contributed by atoms with Gasteiger partial charge in [-0.3, -0.25) is 10.1 Å². The molecule has 0 saturated carbocycles. The van der Waals surface area contributed by atoms with E-state index >= 15 is 0 Å². The first-order valence-corrected chi connectivity index (χ1v) is 6.19. The Kier molecular flexibility index (Phi) is 5.57. The molecule has 0 N–H and O–H groups in total. The van der Waals surface area contributed by atoms with Crippen LogP contribution in [-0.2, 0) is 6.54 Å². The largest absolute Gasteiger partial charge is 0.356 e. The van der Waals surface area contributed by atoms with Crippen molar-refractivity contribution in [3.8, 4) is 0 Å². The zero-order valence-corrected chi connectivity index (χ0v) is 12.0. The van der Waals surface area contributed by atoms with Crippen LogP contribution in [0.15, 0.2) is 30.4 Å². The summed E-state index contributed by atoms with van der Waals surface area (Å²) in [5.74, 6) is 0.544. The second-order valence-electron chi connectivity index (χ2n) is 4.13. The molecule has 7 heteroatoms. The number of nitro groups is 1. The van der Waals surface area contributed by atoms with Crippen LogP contribution in [0, 0.1) is 10.1 Å². The first kappa shape index (κ1) is 15.2. The lowest BCUT2D eigenvalue weighted by atomic mass is 10.2. The van der Waals surface area contributed by atoms with Crippen LogP contribution in [0.1, 0.15) is 12.5 Å².